The van der Waals surface area contributed by atoms with Crippen molar-refractivity contribution in [2.45, 2.75) is 71.3 Å². The van der Waals surface area contributed by atoms with Gasteiger partial charge in [0.1, 0.15) is 0 Å². The van der Waals surface area contributed by atoms with Gasteiger partial charge in [-0.05, 0) is 53.8 Å². The monoisotopic (exact) mass is 354 g/mol. The van der Waals surface area contributed by atoms with E-state index >= 15 is 0 Å². The van der Waals surface area contributed by atoms with E-state index in [1.165, 1.54) is 24.8 Å². The quantitative estimate of drug-likeness (QED) is 0.426. The first-order chi connectivity index (χ1) is 10.8. The van der Waals surface area contributed by atoms with Crippen LogP contribution in [0.4, 0.5) is 0 Å². The molecule has 0 N–H and O–H groups in total. The Morgan fingerprint density at radius 3 is 2.00 bits per heavy atom. The Bertz CT molecular complexity index is 416. The summed E-state index contributed by atoms with van der Waals surface area (Å²) >= 11 is 10.2. The maximum absolute atomic E-state index is 5.15. The molecule has 2 heteroatoms. The molecular formula is C21H38S2. The molecule has 0 nitrogen and oxygen atoms in total. The Kier molecular flexibility index (Phi) is 6.67. The molecule has 0 aromatic rings. The Morgan fingerprint density at radius 1 is 0.870 bits per heavy atom. The molecule has 0 saturated heterocycles. The van der Waals surface area contributed by atoms with E-state index in [1.54, 1.807) is 0 Å². The molecule has 2 rings (SSSR count). The van der Waals surface area contributed by atoms with Crippen molar-refractivity contribution in [2.75, 3.05) is 0 Å². The predicted molar refractivity (Wildman–Crippen MR) is 111 cm³/mol. The Hall–Kier alpha value is 0.440. The first-order valence-corrected chi connectivity index (χ1v) is 10.8. The largest absolute Gasteiger partial charge is 0.175 e. The zero-order valence-electron chi connectivity index (χ0n) is 16.0. The Labute approximate surface area is 156 Å². The maximum Gasteiger partial charge on any atom is 0.0113 e. The summed E-state index contributed by atoms with van der Waals surface area (Å²) in [5.74, 6) is 5.74. The Balaban J connectivity index is 2.39. The second-order valence-electron chi connectivity index (χ2n) is 8.60. The average Bonchev–Trinajstić information content (AvgIpc) is 2.54. The third-order valence-corrected chi connectivity index (χ3v) is 9.44. The van der Waals surface area contributed by atoms with Crippen molar-refractivity contribution in [3.63, 3.8) is 0 Å². The fourth-order valence-electron chi connectivity index (χ4n) is 5.77. The summed E-state index contributed by atoms with van der Waals surface area (Å²) < 4.78 is 0. The normalized spacial score (nSPS) is 51.7. The van der Waals surface area contributed by atoms with Crippen LogP contribution in [0, 0.1) is 47.3 Å². The van der Waals surface area contributed by atoms with Gasteiger partial charge >= 0.3 is 0 Å². The molecule has 10 atom stereocenters. The highest BCUT2D eigenvalue weighted by atomic mass is 32.1. The molecule has 0 radical (unpaired) electrons. The fraction of sp³-hybridized carbons (Fsp3) is 0.905. The molecular weight excluding hydrogens is 316 g/mol. The van der Waals surface area contributed by atoms with Crippen molar-refractivity contribution in [3.05, 3.63) is 12.2 Å². The van der Waals surface area contributed by atoms with E-state index in [0.29, 0.717) is 28.3 Å². The van der Waals surface area contributed by atoms with Gasteiger partial charge in [-0.25, -0.2) is 0 Å². The lowest BCUT2D eigenvalue weighted by Crippen LogP contribution is -2.52. The van der Waals surface area contributed by atoms with Gasteiger partial charge in [-0.2, -0.15) is 25.3 Å². The SMILES string of the molecule is C=C1CC(CC)C(C2C(C)C(C)C(C)C(S)C2CC)C(S)C1C. The maximum atomic E-state index is 5.15. The number of hydrogen-bond donors (Lipinski definition) is 2. The highest BCUT2D eigenvalue weighted by Gasteiger charge is 2.51. The number of hydrogen-bond acceptors (Lipinski definition) is 2. The van der Waals surface area contributed by atoms with Crippen molar-refractivity contribution in [3.8, 4) is 0 Å². The average molecular weight is 355 g/mol. The van der Waals surface area contributed by atoms with Gasteiger partial charge < -0.3 is 0 Å². The molecule has 0 spiro atoms. The zero-order chi connectivity index (χ0) is 17.5. The minimum absolute atomic E-state index is 0.462. The van der Waals surface area contributed by atoms with Crippen LogP contribution in [0.3, 0.4) is 0 Å². The van der Waals surface area contributed by atoms with E-state index < -0.39 is 0 Å². The predicted octanol–water partition coefficient (Wildman–Crippen LogP) is 6.39. The first kappa shape index (κ1) is 19.8. The highest BCUT2D eigenvalue weighted by Crippen LogP contribution is 2.55. The third-order valence-electron chi connectivity index (χ3n) is 7.80. The molecule has 2 aliphatic rings. The standard InChI is InChI=1S/C21H38S2/c1-8-16-10-11(3)12(4)21(23)19(16)18-14(6)13(5)15(7)20(22)17(18)9-2/h12-23H,3,8-10H2,1-2,4-7H3. The van der Waals surface area contributed by atoms with Crippen molar-refractivity contribution >= 4 is 25.3 Å². The number of rotatable bonds is 3. The summed E-state index contributed by atoms with van der Waals surface area (Å²) in [5.41, 5.74) is 1.42. The number of thiol groups is 2. The van der Waals surface area contributed by atoms with Crippen LogP contribution in [0.2, 0.25) is 0 Å². The smallest absolute Gasteiger partial charge is 0.0113 e. The van der Waals surface area contributed by atoms with E-state index in [9.17, 15) is 0 Å². The van der Waals surface area contributed by atoms with Gasteiger partial charge in [-0.3, -0.25) is 0 Å². The first-order valence-electron chi connectivity index (χ1n) is 9.79. The second-order valence-corrected chi connectivity index (χ2v) is 9.80. The van der Waals surface area contributed by atoms with Crippen molar-refractivity contribution in [1.29, 1.82) is 0 Å². The number of allylic oxidation sites excluding steroid dienone is 1. The van der Waals surface area contributed by atoms with Crippen molar-refractivity contribution < 1.29 is 0 Å². The molecule has 0 aromatic carbocycles. The van der Waals surface area contributed by atoms with Crippen LogP contribution in [0.5, 0.6) is 0 Å². The van der Waals surface area contributed by atoms with E-state index in [1.807, 2.05) is 0 Å². The van der Waals surface area contributed by atoms with Crippen LogP contribution in [0.1, 0.15) is 60.8 Å². The van der Waals surface area contributed by atoms with Crippen LogP contribution in [-0.4, -0.2) is 10.5 Å². The van der Waals surface area contributed by atoms with Crippen molar-refractivity contribution in [2.24, 2.45) is 47.3 Å². The molecule has 0 amide bonds. The van der Waals surface area contributed by atoms with E-state index in [4.69, 9.17) is 25.3 Å². The minimum atomic E-state index is 0.462. The van der Waals surface area contributed by atoms with Crippen LogP contribution in [-0.2, 0) is 0 Å². The summed E-state index contributed by atoms with van der Waals surface area (Å²) in [6, 6.07) is 0. The summed E-state index contributed by atoms with van der Waals surface area (Å²) in [7, 11) is 0. The van der Waals surface area contributed by atoms with Gasteiger partial charge in [-0.15, -0.1) is 0 Å². The van der Waals surface area contributed by atoms with Crippen LogP contribution in [0.25, 0.3) is 0 Å². The highest BCUT2D eigenvalue weighted by molar-refractivity contribution is 7.81. The molecule has 0 aliphatic heterocycles. The lowest BCUT2D eigenvalue weighted by molar-refractivity contribution is -0.00366. The molecule has 2 aliphatic carbocycles. The molecule has 2 fully saturated rings. The van der Waals surface area contributed by atoms with Gasteiger partial charge in [0.25, 0.3) is 0 Å². The van der Waals surface area contributed by atoms with Gasteiger partial charge in [0.05, 0.1) is 0 Å². The van der Waals surface area contributed by atoms with Gasteiger partial charge in [-0.1, -0.05) is 66.5 Å². The molecule has 134 valence electrons. The lowest BCUT2D eigenvalue weighted by Gasteiger charge is -2.55. The molecule has 10 unspecified atom stereocenters. The molecule has 0 heterocycles. The van der Waals surface area contributed by atoms with E-state index in [0.717, 1.165) is 29.6 Å². The van der Waals surface area contributed by atoms with Crippen LogP contribution < -0.4 is 0 Å². The van der Waals surface area contributed by atoms with Crippen molar-refractivity contribution in [1.82, 2.24) is 0 Å². The van der Waals surface area contributed by atoms with E-state index in [2.05, 4.69) is 48.1 Å². The molecule has 0 aromatic heterocycles. The molecule has 0 bridgehead atoms. The second kappa shape index (κ2) is 7.77. The van der Waals surface area contributed by atoms with Gasteiger partial charge in [0.15, 0.2) is 0 Å². The summed E-state index contributed by atoms with van der Waals surface area (Å²) in [4.78, 5) is 0. The Morgan fingerprint density at radius 2 is 1.48 bits per heavy atom. The lowest BCUT2D eigenvalue weighted by atomic mass is 9.53. The fourth-order valence-corrected chi connectivity index (χ4v) is 7.10. The van der Waals surface area contributed by atoms with Crippen LogP contribution >= 0.6 is 25.3 Å². The topological polar surface area (TPSA) is 0 Å². The minimum Gasteiger partial charge on any atom is -0.175 e. The third kappa shape index (κ3) is 3.41. The summed E-state index contributed by atoms with van der Waals surface area (Å²) in [6.07, 6.45) is 3.72. The summed E-state index contributed by atoms with van der Waals surface area (Å²) in [6.45, 7) is 18.8. The molecule has 2 saturated carbocycles. The molecule has 23 heavy (non-hydrogen) atoms. The van der Waals surface area contributed by atoms with Gasteiger partial charge in [0.2, 0.25) is 0 Å². The summed E-state index contributed by atoms with van der Waals surface area (Å²) in [5, 5.41) is 0.999. The van der Waals surface area contributed by atoms with Gasteiger partial charge in [0, 0.05) is 10.5 Å². The van der Waals surface area contributed by atoms with E-state index in [-0.39, 0.29) is 0 Å². The van der Waals surface area contributed by atoms with Crippen LogP contribution in [0.15, 0.2) is 12.2 Å². The zero-order valence-corrected chi connectivity index (χ0v) is 17.8.